The third kappa shape index (κ3) is 8.94. The van der Waals surface area contributed by atoms with Gasteiger partial charge in [-0.2, -0.15) is 0 Å². The van der Waals surface area contributed by atoms with Gasteiger partial charge < -0.3 is 19.5 Å². The summed E-state index contributed by atoms with van der Waals surface area (Å²) in [4.78, 5) is 14.4. The van der Waals surface area contributed by atoms with Crippen LogP contribution >= 0.6 is 0 Å². The van der Waals surface area contributed by atoms with Crippen molar-refractivity contribution in [1.82, 2.24) is 10.2 Å². The number of piperidine rings is 1. The van der Waals surface area contributed by atoms with Crippen LogP contribution in [0.4, 0.5) is 4.79 Å². The monoisotopic (exact) mass is 406 g/mol. The Morgan fingerprint density at radius 1 is 1.03 bits per heavy atom. The number of amides is 1. The number of ether oxygens (including phenoxy) is 3. The first-order valence-corrected chi connectivity index (χ1v) is 10.7. The second kappa shape index (κ2) is 10.2. The minimum Gasteiger partial charge on any atom is -0.491 e. The van der Waals surface area contributed by atoms with Crippen LogP contribution in [0.15, 0.2) is 18.2 Å². The molecule has 29 heavy (non-hydrogen) atoms. The van der Waals surface area contributed by atoms with Crippen LogP contribution in [0.3, 0.4) is 0 Å². The number of rotatable bonds is 7. The third-order valence-corrected chi connectivity index (χ3v) is 4.40. The van der Waals surface area contributed by atoms with Crippen molar-refractivity contribution in [3.05, 3.63) is 23.8 Å². The van der Waals surface area contributed by atoms with Gasteiger partial charge in [-0.05, 0) is 79.0 Å². The molecule has 0 radical (unpaired) electrons. The van der Waals surface area contributed by atoms with Gasteiger partial charge in [-0.15, -0.1) is 0 Å². The van der Waals surface area contributed by atoms with Crippen LogP contribution < -0.4 is 14.8 Å². The fraction of sp³-hybridized carbons (Fsp3) is 0.696. The van der Waals surface area contributed by atoms with Crippen LogP contribution in [0.2, 0.25) is 0 Å². The van der Waals surface area contributed by atoms with E-state index in [1.807, 2.05) is 54.5 Å². The summed E-state index contributed by atoms with van der Waals surface area (Å²) >= 11 is 0. The summed E-state index contributed by atoms with van der Waals surface area (Å²) in [6.45, 7) is 16.4. The molecule has 1 aromatic rings. The molecule has 6 nitrogen and oxygen atoms in total. The van der Waals surface area contributed by atoms with Crippen molar-refractivity contribution in [3.63, 3.8) is 0 Å². The van der Waals surface area contributed by atoms with E-state index < -0.39 is 5.60 Å². The fourth-order valence-corrected chi connectivity index (χ4v) is 3.37. The first-order valence-electron chi connectivity index (χ1n) is 10.7. The molecule has 1 amide bonds. The van der Waals surface area contributed by atoms with E-state index in [1.54, 1.807) is 0 Å². The normalized spacial score (nSPS) is 16.2. The number of nitrogens with one attached hydrogen (secondary N) is 1. The second-order valence-corrected chi connectivity index (χ2v) is 9.34. The molecule has 0 atom stereocenters. The topological polar surface area (TPSA) is 60.0 Å². The number of nitrogens with zero attached hydrogens (tertiary/aromatic N) is 1. The summed E-state index contributed by atoms with van der Waals surface area (Å²) in [5, 5.41) is 2.99. The van der Waals surface area contributed by atoms with Gasteiger partial charge in [-0.1, -0.05) is 0 Å². The first kappa shape index (κ1) is 23.3. The maximum Gasteiger partial charge on any atom is 0.407 e. The van der Waals surface area contributed by atoms with E-state index in [1.165, 1.54) is 5.56 Å². The summed E-state index contributed by atoms with van der Waals surface area (Å²) in [6, 6.07) is 6.31. The largest absolute Gasteiger partial charge is 0.491 e. The van der Waals surface area contributed by atoms with Crippen molar-refractivity contribution in [2.45, 2.75) is 91.7 Å². The third-order valence-electron chi connectivity index (χ3n) is 4.40. The van der Waals surface area contributed by atoms with Crippen molar-refractivity contribution >= 4 is 6.09 Å². The lowest BCUT2D eigenvalue weighted by atomic mass is 10.0. The Balaban J connectivity index is 1.92. The first-order chi connectivity index (χ1) is 13.5. The average Bonchev–Trinajstić information content (AvgIpc) is 2.53. The lowest BCUT2D eigenvalue weighted by Gasteiger charge is -2.33. The fourth-order valence-electron chi connectivity index (χ4n) is 3.37. The number of hydrogen-bond acceptors (Lipinski definition) is 5. The molecule has 1 aliphatic rings. The maximum absolute atomic E-state index is 12.0. The highest BCUT2D eigenvalue weighted by atomic mass is 16.6. The number of carbonyl (C=O) groups excluding carboxylic acids is 1. The number of carbonyl (C=O) groups is 1. The zero-order valence-corrected chi connectivity index (χ0v) is 19.1. The molecule has 0 saturated carbocycles. The molecule has 1 aromatic carbocycles. The molecule has 2 rings (SSSR count). The lowest BCUT2D eigenvalue weighted by molar-refractivity contribution is 0.0477. The zero-order valence-electron chi connectivity index (χ0n) is 19.1. The van der Waals surface area contributed by atoms with E-state index in [2.05, 4.69) is 22.3 Å². The quantitative estimate of drug-likeness (QED) is 0.708. The Morgan fingerprint density at radius 2 is 1.55 bits per heavy atom. The van der Waals surface area contributed by atoms with Gasteiger partial charge in [-0.3, -0.25) is 4.90 Å². The number of benzene rings is 1. The van der Waals surface area contributed by atoms with Gasteiger partial charge in [0.25, 0.3) is 0 Å². The minimum absolute atomic E-state index is 0.117. The van der Waals surface area contributed by atoms with E-state index in [9.17, 15) is 4.79 Å². The summed E-state index contributed by atoms with van der Waals surface area (Å²) in [5.74, 6) is 1.68. The molecule has 0 spiro atoms. The SMILES string of the molecule is CC(C)Oc1cc(CN2CCC(NC(=O)OC(C)(C)C)CC2)cc(OC(C)C)c1. The number of alkyl carbamates (subject to hydrolysis) is 1. The van der Waals surface area contributed by atoms with E-state index in [4.69, 9.17) is 14.2 Å². The van der Waals surface area contributed by atoms with Crippen LogP contribution in [0.5, 0.6) is 11.5 Å². The summed E-state index contributed by atoms with van der Waals surface area (Å²) < 4.78 is 17.2. The molecule has 1 heterocycles. The highest BCUT2D eigenvalue weighted by Crippen LogP contribution is 2.26. The molecule has 1 aliphatic heterocycles. The molecular formula is C23H38N2O4. The summed E-state index contributed by atoms with van der Waals surface area (Å²) in [7, 11) is 0. The van der Waals surface area contributed by atoms with Gasteiger partial charge in [0.05, 0.1) is 12.2 Å². The van der Waals surface area contributed by atoms with Crippen LogP contribution in [-0.4, -0.2) is 47.9 Å². The van der Waals surface area contributed by atoms with Gasteiger partial charge in [-0.25, -0.2) is 4.79 Å². The van der Waals surface area contributed by atoms with Crippen molar-refractivity contribution < 1.29 is 19.0 Å². The van der Waals surface area contributed by atoms with Crippen molar-refractivity contribution in [3.8, 4) is 11.5 Å². The van der Waals surface area contributed by atoms with Gasteiger partial charge in [0.1, 0.15) is 17.1 Å². The Bertz CT molecular complexity index is 631. The standard InChI is InChI=1S/C23H38N2O4/c1-16(2)27-20-12-18(13-21(14-20)28-17(3)4)15-25-10-8-19(9-11-25)24-22(26)29-23(5,6)7/h12-14,16-17,19H,8-11,15H2,1-7H3,(H,24,26). The van der Waals surface area contributed by atoms with Gasteiger partial charge >= 0.3 is 6.09 Å². The predicted octanol–water partition coefficient (Wildman–Crippen LogP) is 4.75. The average molecular weight is 407 g/mol. The van der Waals surface area contributed by atoms with E-state index in [0.717, 1.165) is 44.0 Å². The summed E-state index contributed by atoms with van der Waals surface area (Å²) in [6.07, 6.45) is 1.73. The minimum atomic E-state index is -0.469. The van der Waals surface area contributed by atoms with Crippen molar-refractivity contribution in [1.29, 1.82) is 0 Å². The summed E-state index contributed by atoms with van der Waals surface area (Å²) in [5.41, 5.74) is 0.709. The molecule has 1 saturated heterocycles. The van der Waals surface area contributed by atoms with E-state index >= 15 is 0 Å². The van der Waals surface area contributed by atoms with Crippen LogP contribution in [0.25, 0.3) is 0 Å². The smallest absolute Gasteiger partial charge is 0.407 e. The lowest BCUT2D eigenvalue weighted by Crippen LogP contribution is -2.45. The number of hydrogen-bond donors (Lipinski definition) is 1. The molecule has 6 heteroatoms. The Labute approximate surface area is 175 Å². The molecule has 1 N–H and O–H groups in total. The van der Waals surface area contributed by atoms with Gasteiger partial charge in [0.15, 0.2) is 0 Å². The molecule has 0 aliphatic carbocycles. The molecule has 0 unspecified atom stereocenters. The molecular weight excluding hydrogens is 368 g/mol. The Kier molecular flexibility index (Phi) is 8.20. The molecule has 0 bridgehead atoms. The van der Waals surface area contributed by atoms with Crippen molar-refractivity contribution in [2.75, 3.05) is 13.1 Å². The number of likely N-dealkylation sites (tertiary alicyclic amines) is 1. The molecule has 0 aromatic heterocycles. The van der Waals surface area contributed by atoms with Gasteiger partial charge in [0, 0.05) is 31.7 Å². The highest BCUT2D eigenvalue weighted by molar-refractivity contribution is 5.68. The molecule has 1 fully saturated rings. The predicted molar refractivity (Wildman–Crippen MR) is 116 cm³/mol. The van der Waals surface area contributed by atoms with Crippen LogP contribution in [0.1, 0.15) is 66.9 Å². The van der Waals surface area contributed by atoms with Gasteiger partial charge in [0.2, 0.25) is 0 Å². The Morgan fingerprint density at radius 3 is 2.00 bits per heavy atom. The van der Waals surface area contributed by atoms with Crippen molar-refractivity contribution in [2.24, 2.45) is 0 Å². The Hall–Kier alpha value is -1.95. The maximum atomic E-state index is 12.0. The second-order valence-electron chi connectivity index (χ2n) is 9.34. The van der Waals surface area contributed by atoms with E-state index in [-0.39, 0.29) is 24.3 Å². The molecule has 164 valence electrons. The van der Waals surface area contributed by atoms with Crippen LogP contribution in [-0.2, 0) is 11.3 Å². The van der Waals surface area contributed by atoms with E-state index in [0.29, 0.717) is 0 Å². The van der Waals surface area contributed by atoms with Crippen LogP contribution in [0, 0.1) is 0 Å². The zero-order chi connectivity index (χ0) is 21.6. The highest BCUT2D eigenvalue weighted by Gasteiger charge is 2.24.